The third kappa shape index (κ3) is 5.36. The van der Waals surface area contributed by atoms with Gasteiger partial charge in [-0.15, -0.1) is 11.3 Å². The Balaban J connectivity index is 1.37. The molecule has 0 amide bonds. The normalized spacial score (nSPS) is 20.4. The van der Waals surface area contributed by atoms with E-state index in [4.69, 9.17) is 4.98 Å². The number of fused-ring (bicyclic) bond motifs is 4. The van der Waals surface area contributed by atoms with Crippen LogP contribution in [0.3, 0.4) is 0 Å². The van der Waals surface area contributed by atoms with Gasteiger partial charge in [0.15, 0.2) is 0 Å². The molecule has 43 heavy (non-hydrogen) atoms. The van der Waals surface area contributed by atoms with E-state index in [0.29, 0.717) is 5.92 Å². The molecule has 1 fully saturated rings. The zero-order valence-corrected chi connectivity index (χ0v) is 27.2. The summed E-state index contributed by atoms with van der Waals surface area (Å²) in [6.45, 7) is 13.8. The van der Waals surface area contributed by atoms with Crippen molar-refractivity contribution in [1.29, 1.82) is 0 Å². The maximum absolute atomic E-state index is 13.7. The van der Waals surface area contributed by atoms with Crippen molar-refractivity contribution >= 4 is 42.3 Å². The molecule has 1 nitrogen and oxygen atoms in total. The van der Waals surface area contributed by atoms with Crippen molar-refractivity contribution < 1.29 is 13.2 Å². The number of aromatic nitrogens is 1. The summed E-state index contributed by atoms with van der Waals surface area (Å²) < 4.78 is 43.5. The fourth-order valence-corrected chi connectivity index (χ4v) is 8.92. The van der Waals surface area contributed by atoms with Crippen LogP contribution in [0.15, 0.2) is 60.8 Å². The highest BCUT2D eigenvalue weighted by molar-refractivity contribution is 7.26. The van der Waals surface area contributed by atoms with Crippen LogP contribution in [-0.4, -0.2) is 11.2 Å². The number of pyridine rings is 1. The SMILES string of the molecule is Cc1c(C2CCC(C)(CC(C)(C)C(F)(F)F)CC2)ccc2c1sc1c(-c3cc(C(C)(C)C)c4ccccc4c3)nccc12. The molecule has 0 bridgehead atoms. The van der Waals surface area contributed by atoms with E-state index in [1.54, 1.807) is 0 Å². The van der Waals surface area contributed by atoms with Gasteiger partial charge in [0.05, 0.1) is 15.8 Å². The molecule has 2 aromatic heterocycles. The van der Waals surface area contributed by atoms with Crippen molar-refractivity contribution in [3.8, 4) is 11.3 Å². The van der Waals surface area contributed by atoms with Crippen molar-refractivity contribution in [2.24, 2.45) is 10.8 Å². The molecule has 0 atom stereocenters. The van der Waals surface area contributed by atoms with Gasteiger partial charge in [0.1, 0.15) is 0 Å². The van der Waals surface area contributed by atoms with Crippen LogP contribution in [0.25, 0.3) is 42.2 Å². The van der Waals surface area contributed by atoms with Gasteiger partial charge in [-0.25, -0.2) is 0 Å². The number of halogens is 3. The number of hydrogen-bond donors (Lipinski definition) is 0. The maximum atomic E-state index is 13.7. The van der Waals surface area contributed by atoms with Crippen LogP contribution in [-0.2, 0) is 5.41 Å². The third-order valence-electron chi connectivity index (χ3n) is 10.1. The summed E-state index contributed by atoms with van der Waals surface area (Å²) in [6.07, 6.45) is 1.46. The number of nitrogens with zero attached hydrogens (tertiary/aromatic N) is 1. The molecule has 5 aromatic rings. The molecule has 6 rings (SSSR count). The Hall–Kier alpha value is -2.92. The van der Waals surface area contributed by atoms with Crippen molar-refractivity contribution in [1.82, 2.24) is 4.98 Å². The second-order valence-electron chi connectivity index (χ2n) is 14.9. The highest BCUT2D eigenvalue weighted by atomic mass is 32.1. The first-order chi connectivity index (χ1) is 20.1. The Morgan fingerprint density at radius 2 is 1.53 bits per heavy atom. The summed E-state index contributed by atoms with van der Waals surface area (Å²) in [5.74, 6) is 0.379. The topological polar surface area (TPSA) is 12.9 Å². The van der Waals surface area contributed by atoms with E-state index in [-0.39, 0.29) is 17.3 Å². The lowest BCUT2D eigenvalue weighted by Gasteiger charge is -2.43. The molecule has 0 saturated heterocycles. The first-order valence-corrected chi connectivity index (χ1v) is 16.3. The average Bonchev–Trinajstić information content (AvgIpc) is 3.31. The molecular formula is C38H42F3NS. The van der Waals surface area contributed by atoms with E-state index in [0.717, 1.165) is 36.9 Å². The van der Waals surface area contributed by atoms with Gasteiger partial charge in [-0.3, -0.25) is 4.98 Å². The van der Waals surface area contributed by atoms with E-state index in [9.17, 15) is 13.2 Å². The first kappa shape index (κ1) is 30.1. The van der Waals surface area contributed by atoms with Gasteiger partial charge in [0, 0.05) is 27.2 Å². The predicted octanol–water partition coefficient (Wildman–Crippen LogP) is 12.5. The fourth-order valence-electron chi connectivity index (χ4n) is 7.60. The molecule has 3 aromatic carbocycles. The lowest BCUT2D eigenvalue weighted by molar-refractivity contribution is -0.222. The quantitative estimate of drug-likeness (QED) is 0.200. The fraction of sp³-hybridized carbons (Fsp3) is 0.447. The Morgan fingerprint density at radius 3 is 2.21 bits per heavy atom. The van der Waals surface area contributed by atoms with Gasteiger partial charge >= 0.3 is 6.18 Å². The zero-order chi connectivity index (χ0) is 30.9. The first-order valence-electron chi connectivity index (χ1n) is 15.5. The van der Waals surface area contributed by atoms with Gasteiger partial charge in [0.2, 0.25) is 0 Å². The Morgan fingerprint density at radius 1 is 0.860 bits per heavy atom. The number of alkyl halides is 3. The van der Waals surface area contributed by atoms with Crippen molar-refractivity contribution in [2.75, 3.05) is 0 Å². The highest BCUT2D eigenvalue weighted by Crippen LogP contribution is 2.53. The molecule has 1 saturated carbocycles. The number of rotatable bonds is 4. The number of aryl methyl sites for hydroxylation is 1. The van der Waals surface area contributed by atoms with Crippen LogP contribution in [0.1, 0.15) is 96.3 Å². The van der Waals surface area contributed by atoms with Crippen LogP contribution in [0, 0.1) is 17.8 Å². The number of benzene rings is 3. The molecule has 2 heterocycles. The minimum atomic E-state index is -4.18. The molecule has 5 heteroatoms. The van der Waals surface area contributed by atoms with Gasteiger partial charge in [-0.2, -0.15) is 13.2 Å². The van der Waals surface area contributed by atoms with Gasteiger partial charge in [0.25, 0.3) is 0 Å². The molecule has 0 radical (unpaired) electrons. The summed E-state index contributed by atoms with van der Waals surface area (Å²) in [4.78, 5) is 4.94. The summed E-state index contributed by atoms with van der Waals surface area (Å²) in [6, 6.07) is 19.9. The van der Waals surface area contributed by atoms with Crippen LogP contribution >= 0.6 is 11.3 Å². The van der Waals surface area contributed by atoms with E-state index in [2.05, 4.69) is 89.2 Å². The summed E-state index contributed by atoms with van der Waals surface area (Å²) in [7, 11) is 0. The van der Waals surface area contributed by atoms with E-state index < -0.39 is 11.6 Å². The largest absolute Gasteiger partial charge is 0.393 e. The predicted molar refractivity (Wildman–Crippen MR) is 177 cm³/mol. The van der Waals surface area contributed by atoms with Gasteiger partial charge < -0.3 is 0 Å². The number of thiophene rings is 1. The van der Waals surface area contributed by atoms with E-state index >= 15 is 0 Å². The molecule has 0 spiro atoms. The molecule has 1 aliphatic rings. The summed E-state index contributed by atoms with van der Waals surface area (Å²) in [5.41, 5.74) is 4.20. The standard InChI is InChI=1S/C38H42F3NS/c1-23-27(24-14-17-37(7,18-15-24)22-36(5,6)38(39,40)41)12-13-29-30-16-19-42-32(34(30)43-33(23)29)26-20-25-10-8-9-11-28(25)31(21-26)35(2,3)4/h8-13,16,19-21,24H,14-15,17-18,22H2,1-7H3. The second kappa shape index (κ2) is 10.3. The summed E-state index contributed by atoms with van der Waals surface area (Å²) >= 11 is 1.83. The van der Waals surface area contributed by atoms with E-state index in [1.165, 1.54) is 61.5 Å². The monoisotopic (exact) mass is 601 g/mol. The maximum Gasteiger partial charge on any atom is 0.393 e. The second-order valence-corrected chi connectivity index (χ2v) is 16.0. The smallest absolute Gasteiger partial charge is 0.255 e. The molecule has 226 valence electrons. The van der Waals surface area contributed by atoms with Crippen LogP contribution in [0.5, 0.6) is 0 Å². The molecule has 0 unspecified atom stereocenters. The lowest BCUT2D eigenvalue weighted by atomic mass is 9.63. The van der Waals surface area contributed by atoms with Gasteiger partial charge in [-0.05, 0) is 101 Å². The zero-order valence-electron chi connectivity index (χ0n) is 26.4. The Kier molecular flexibility index (Phi) is 7.23. The van der Waals surface area contributed by atoms with E-state index in [1.807, 2.05) is 17.5 Å². The number of hydrogen-bond acceptors (Lipinski definition) is 2. The third-order valence-corrected chi connectivity index (χ3v) is 11.4. The Bertz CT molecular complexity index is 1830. The molecule has 0 aliphatic heterocycles. The highest BCUT2D eigenvalue weighted by Gasteiger charge is 2.51. The lowest BCUT2D eigenvalue weighted by Crippen LogP contribution is -2.38. The summed E-state index contributed by atoms with van der Waals surface area (Å²) in [5, 5.41) is 5.00. The average molecular weight is 602 g/mol. The van der Waals surface area contributed by atoms with Crippen LogP contribution in [0.4, 0.5) is 13.2 Å². The minimum absolute atomic E-state index is 0.00622. The van der Waals surface area contributed by atoms with Crippen molar-refractivity contribution in [3.05, 3.63) is 77.5 Å². The van der Waals surface area contributed by atoms with Crippen molar-refractivity contribution in [3.63, 3.8) is 0 Å². The Labute approximate surface area is 257 Å². The minimum Gasteiger partial charge on any atom is -0.255 e. The molecule has 1 aliphatic carbocycles. The van der Waals surface area contributed by atoms with Crippen LogP contribution < -0.4 is 0 Å². The van der Waals surface area contributed by atoms with Gasteiger partial charge in [-0.1, -0.05) is 77.9 Å². The molecule has 0 N–H and O–H groups in total. The van der Waals surface area contributed by atoms with Crippen LogP contribution in [0.2, 0.25) is 0 Å². The van der Waals surface area contributed by atoms with Crippen molar-refractivity contribution in [2.45, 2.75) is 98.1 Å². The molecular weight excluding hydrogens is 559 g/mol.